The molecule has 1 aliphatic heterocycles. The Kier molecular flexibility index (Phi) is 5.14. The van der Waals surface area contributed by atoms with E-state index < -0.39 is 10.9 Å². The van der Waals surface area contributed by atoms with Crippen LogP contribution >= 0.6 is 0 Å². The highest BCUT2D eigenvalue weighted by molar-refractivity contribution is 5.75. The summed E-state index contributed by atoms with van der Waals surface area (Å²) in [5.74, 6) is 0. The van der Waals surface area contributed by atoms with Crippen LogP contribution in [-0.2, 0) is 6.54 Å². The largest absolute Gasteiger partial charge is 0.378 e. The van der Waals surface area contributed by atoms with Crippen molar-refractivity contribution in [2.75, 3.05) is 49.5 Å². The van der Waals surface area contributed by atoms with Crippen molar-refractivity contribution in [3.05, 3.63) is 38.4 Å². The number of piperazine rings is 1. The number of hydrogen-bond donors (Lipinski definition) is 1. The van der Waals surface area contributed by atoms with Crippen LogP contribution in [0.4, 0.5) is 11.4 Å². The number of nitriles is 1. The van der Waals surface area contributed by atoms with Crippen LogP contribution in [0, 0.1) is 18.3 Å². The molecule has 0 radical (unpaired) electrons. The quantitative estimate of drug-likeness (QED) is 0.704. The zero-order chi connectivity index (χ0) is 17.8. The van der Waals surface area contributed by atoms with Crippen LogP contribution in [0.5, 0.6) is 0 Å². The van der Waals surface area contributed by atoms with E-state index >= 15 is 0 Å². The van der Waals surface area contributed by atoms with Gasteiger partial charge in [0, 0.05) is 51.9 Å². The maximum atomic E-state index is 12.0. The highest BCUT2D eigenvalue weighted by atomic mass is 16.2. The SMILES string of the molecule is Cc1ccn(CCNc2c(N3CCN(CCC#N)CC3)c(=O)c2=O)n1. The van der Waals surface area contributed by atoms with Gasteiger partial charge in [0.2, 0.25) is 0 Å². The molecule has 1 saturated heterocycles. The molecule has 0 bridgehead atoms. The van der Waals surface area contributed by atoms with Gasteiger partial charge in [-0.1, -0.05) is 0 Å². The molecular formula is C17H22N6O2. The number of anilines is 2. The summed E-state index contributed by atoms with van der Waals surface area (Å²) in [7, 11) is 0. The summed E-state index contributed by atoms with van der Waals surface area (Å²) >= 11 is 0. The predicted molar refractivity (Wildman–Crippen MR) is 95.7 cm³/mol. The molecule has 8 heteroatoms. The lowest BCUT2D eigenvalue weighted by atomic mass is 10.1. The van der Waals surface area contributed by atoms with Crippen LogP contribution in [0.2, 0.25) is 0 Å². The van der Waals surface area contributed by atoms with Crippen LogP contribution in [-0.4, -0.2) is 53.9 Å². The Balaban J connectivity index is 1.56. The van der Waals surface area contributed by atoms with E-state index in [9.17, 15) is 9.59 Å². The first-order chi connectivity index (χ1) is 12.1. The zero-order valence-corrected chi connectivity index (χ0v) is 14.4. The van der Waals surface area contributed by atoms with E-state index in [0.717, 1.165) is 25.3 Å². The van der Waals surface area contributed by atoms with E-state index in [1.807, 2.05) is 28.8 Å². The molecule has 2 aromatic rings. The summed E-state index contributed by atoms with van der Waals surface area (Å²) in [6.45, 7) is 6.85. The lowest BCUT2D eigenvalue weighted by Crippen LogP contribution is -2.51. The van der Waals surface area contributed by atoms with Crippen LogP contribution < -0.4 is 21.1 Å². The summed E-state index contributed by atoms with van der Waals surface area (Å²) in [6, 6.07) is 4.07. The van der Waals surface area contributed by atoms with Crippen LogP contribution in [0.1, 0.15) is 12.1 Å². The second-order valence-corrected chi connectivity index (χ2v) is 6.27. The molecule has 0 aliphatic carbocycles. The van der Waals surface area contributed by atoms with Gasteiger partial charge in [-0.15, -0.1) is 0 Å². The van der Waals surface area contributed by atoms with E-state index in [-0.39, 0.29) is 0 Å². The smallest absolute Gasteiger partial charge is 0.253 e. The van der Waals surface area contributed by atoms with Crippen molar-refractivity contribution in [1.82, 2.24) is 14.7 Å². The Morgan fingerprint density at radius 3 is 2.60 bits per heavy atom. The zero-order valence-electron chi connectivity index (χ0n) is 14.4. The topological polar surface area (TPSA) is 94.3 Å². The molecule has 25 heavy (non-hydrogen) atoms. The van der Waals surface area contributed by atoms with Gasteiger partial charge in [0.25, 0.3) is 10.9 Å². The van der Waals surface area contributed by atoms with Gasteiger partial charge in [-0.25, -0.2) is 0 Å². The normalized spacial score (nSPS) is 15.4. The number of rotatable bonds is 7. The molecule has 0 spiro atoms. The summed E-state index contributed by atoms with van der Waals surface area (Å²) in [5.41, 5.74) is 1.06. The summed E-state index contributed by atoms with van der Waals surface area (Å²) in [5, 5.41) is 16.1. The average molecular weight is 342 g/mol. The van der Waals surface area contributed by atoms with E-state index in [4.69, 9.17) is 5.26 Å². The molecule has 132 valence electrons. The van der Waals surface area contributed by atoms with Crippen molar-refractivity contribution < 1.29 is 0 Å². The summed E-state index contributed by atoms with van der Waals surface area (Å²) < 4.78 is 1.81. The van der Waals surface area contributed by atoms with Gasteiger partial charge in [-0.05, 0) is 13.0 Å². The van der Waals surface area contributed by atoms with Gasteiger partial charge in [0.05, 0.1) is 18.3 Å². The Morgan fingerprint density at radius 1 is 1.20 bits per heavy atom. The lowest BCUT2D eigenvalue weighted by molar-refractivity contribution is 0.263. The molecule has 2 heterocycles. The predicted octanol–water partition coefficient (Wildman–Crippen LogP) is -0.0647. The molecule has 0 saturated carbocycles. The maximum Gasteiger partial charge on any atom is 0.253 e. The van der Waals surface area contributed by atoms with Crippen molar-refractivity contribution in [3.63, 3.8) is 0 Å². The molecule has 0 amide bonds. The molecule has 1 N–H and O–H groups in total. The van der Waals surface area contributed by atoms with Crippen LogP contribution in [0.25, 0.3) is 0 Å². The second kappa shape index (κ2) is 7.49. The van der Waals surface area contributed by atoms with Gasteiger partial charge in [0.1, 0.15) is 11.4 Å². The van der Waals surface area contributed by atoms with E-state index in [1.165, 1.54) is 0 Å². The van der Waals surface area contributed by atoms with Gasteiger partial charge in [-0.2, -0.15) is 10.4 Å². The highest BCUT2D eigenvalue weighted by Gasteiger charge is 2.28. The van der Waals surface area contributed by atoms with Gasteiger partial charge >= 0.3 is 0 Å². The molecule has 0 unspecified atom stereocenters. The van der Waals surface area contributed by atoms with E-state index in [2.05, 4.69) is 21.4 Å². The van der Waals surface area contributed by atoms with Crippen molar-refractivity contribution >= 4 is 11.4 Å². The van der Waals surface area contributed by atoms with Crippen molar-refractivity contribution in [3.8, 4) is 6.07 Å². The maximum absolute atomic E-state index is 12.0. The number of aromatic nitrogens is 2. The molecule has 1 aromatic carbocycles. The minimum Gasteiger partial charge on any atom is -0.378 e. The van der Waals surface area contributed by atoms with Crippen LogP contribution in [0.3, 0.4) is 0 Å². The first-order valence-electron chi connectivity index (χ1n) is 8.51. The third-order valence-corrected chi connectivity index (χ3v) is 4.53. The van der Waals surface area contributed by atoms with Gasteiger partial charge < -0.3 is 10.2 Å². The fraction of sp³-hybridized carbons (Fsp3) is 0.529. The standard InChI is InChI=1S/C17H22N6O2/c1-13-3-7-23(20-13)8-5-19-14-15(17(25)16(14)24)22-11-9-21(10-12-22)6-2-4-18/h3,7,19H,2,5-6,8-12H2,1H3. The van der Waals surface area contributed by atoms with Crippen molar-refractivity contribution in [2.24, 2.45) is 0 Å². The molecule has 1 fully saturated rings. The minimum atomic E-state index is -0.432. The average Bonchev–Trinajstić information content (AvgIpc) is 3.04. The van der Waals surface area contributed by atoms with Crippen molar-refractivity contribution in [2.45, 2.75) is 19.9 Å². The van der Waals surface area contributed by atoms with Gasteiger partial charge in [-0.3, -0.25) is 19.2 Å². The number of nitrogens with zero attached hydrogens (tertiary/aromatic N) is 5. The summed E-state index contributed by atoms with van der Waals surface area (Å²) in [6.07, 6.45) is 2.40. The fourth-order valence-electron chi connectivity index (χ4n) is 3.13. The third-order valence-electron chi connectivity index (χ3n) is 4.53. The Hall–Kier alpha value is -2.66. The minimum absolute atomic E-state index is 0.400. The lowest BCUT2D eigenvalue weighted by Gasteiger charge is -2.36. The Labute approximate surface area is 146 Å². The van der Waals surface area contributed by atoms with E-state index in [1.54, 1.807) is 0 Å². The Morgan fingerprint density at radius 2 is 1.96 bits per heavy atom. The number of hydrogen-bond acceptors (Lipinski definition) is 7. The third kappa shape index (κ3) is 3.72. The van der Waals surface area contributed by atoms with Crippen LogP contribution in [0.15, 0.2) is 21.9 Å². The molecule has 1 aliphatic rings. The summed E-state index contributed by atoms with van der Waals surface area (Å²) in [4.78, 5) is 28.1. The fourth-order valence-corrected chi connectivity index (χ4v) is 3.13. The highest BCUT2D eigenvalue weighted by Crippen LogP contribution is 2.21. The number of nitrogens with one attached hydrogen (secondary N) is 1. The molecule has 3 rings (SSSR count). The molecule has 1 aromatic heterocycles. The van der Waals surface area contributed by atoms with E-state index in [0.29, 0.717) is 44.0 Å². The van der Waals surface area contributed by atoms with Crippen molar-refractivity contribution in [1.29, 1.82) is 5.26 Å². The second-order valence-electron chi connectivity index (χ2n) is 6.27. The first kappa shape index (κ1) is 17.2. The van der Waals surface area contributed by atoms with Gasteiger partial charge in [0.15, 0.2) is 0 Å². The molecule has 8 nitrogen and oxygen atoms in total. The Bertz CT molecular complexity index is 834. The monoisotopic (exact) mass is 342 g/mol. The first-order valence-corrected chi connectivity index (χ1v) is 8.51. The molecular weight excluding hydrogens is 320 g/mol. The number of aryl methyl sites for hydroxylation is 1. The molecule has 0 atom stereocenters.